The Balaban J connectivity index is 0.00000264. The van der Waals surface area contributed by atoms with E-state index in [1.165, 1.54) is 0 Å². The predicted molar refractivity (Wildman–Crippen MR) is 93.5 cm³/mol. The van der Waals surface area contributed by atoms with Gasteiger partial charge in [0.1, 0.15) is 12.4 Å². The zero-order valence-corrected chi connectivity index (χ0v) is 14.4. The molecule has 6 nitrogen and oxygen atoms in total. The summed E-state index contributed by atoms with van der Waals surface area (Å²) < 4.78 is 7.13. The van der Waals surface area contributed by atoms with Crippen LogP contribution in [0.5, 0.6) is 5.75 Å². The number of ether oxygens (including phenoxy) is 1. The van der Waals surface area contributed by atoms with Crippen LogP contribution in [0.4, 0.5) is 5.69 Å². The van der Waals surface area contributed by atoms with Gasteiger partial charge < -0.3 is 15.8 Å². The zero-order chi connectivity index (χ0) is 16.1. The molecule has 7 heteroatoms. The number of benzene rings is 1. The molecule has 3 N–H and O–H groups in total. The van der Waals surface area contributed by atoms with Crippen LogP contribution in [0.1, 0.15) is 35.9 Å². The monoisotopic (exact) mass is 338 g/mol. The van der Waals surface area contributed by atoms with Crippen LogP contribution in [-0.2, 0) is 7.05 Å². The number of nitrogens with two attached hydrogens (primary N) is 1. The Kier molecular flexibility index (Phi) is 7.06. The first-order valence-electron chi connectivity index (χ1n) is 7.29. The third-order valence-electron chi connectivity index (χ3n) is 3.24. The largest absolute Gasteiger partial charge is 0.492 e. The van der Waals surface area contributed by atoms with Crippen molar-refractivity contribution < 1.29 is 9.53 Å². The highest BCUT2D eigenvalue weighted by Gasteiger charge is 2.14. The van der Waals surface area contributed by atoms with Crippen molar-refractivity contribution in [3.8, 4) is 5.75 Å². The molecule has 1 aromatic heterocycles. The maximum atomic E-state index is 12.2. The van der Waals surface area contributed by atoms with Gasteiger partial charge in [-0.2, -0.15) is 5.10 Å². The molecular formula is C16H23ClN4O2. The maximum Gasteiger partial charge on any atom is 0.276 e. The summed E-state index contributed by atoms with van der Waals surface area (Å²) in [4.78, 5) is 12.2. The number of nitrogens with one attached hydrogen (secondary N) is 1. The number of anilines is 1. The molecule has 0 aliphatic rings. The highest BCUT2D eigenvalue weighted by Crippen LogP contribution is 2.18. The highest BCUT2D eigenvalue weighted by atomic mass is 35.5. The van der Waals surface area contributed by atoms with Gasteiger partial charge in [0.25, 0.3) is 5.91 Å². The third-order valence-corrected chi connectivity index (χ3v) is 3.24. The van der Waals surface area contributed by atoms with E-state index in [0.717, 1.165) is 11.4 Å². The molecule has 1 amide bonds. The van der Waals surface area contributed by atoms with Gasteiger partial charge in [-0.05, 0) is 36.2 Å². The molecule has 23 heavy (non-hydrogen) atoms. The van der Waals surface area contributed by atoms with Crippen LogP contribution in [0.2, 0.25) is 0 Å². The molecule has 0 radical (unpaired) electrons. The molecule has 1 heterocycles. The Morgan fingerprint density at radius 1 is 1.35 bits per heavy atom. The van der Waals surface area contributed by atoms with E-state index in [-0.39, 0.29) is 18.3 Å². The van der Waals surface area contributed by atoms with Gasteiger partial charge >= 0.3 is 0 Å². The summed E-state index contributed by atoms with van der Waals surface area (Å²) in [7, 11) is 1.84. The SMILES string of the molecule is CC(C)c1cc(C(=O)Nc2ccc(OCCN)cc2)nn1C.Cl. The van der Waals surface area contributed by atoms with Crippen LogP contribution < -0.4 is 15.8 Å². The summed E-state index contributed by atoms with van der Waals surface area (Å²) >= 11 is 0. The van der Waals surface area contributed by atoms with Crippen molar-refractivity contribution in [2.24, 2.45) is 12.8 Å². The summed E-state index contributed by atoms with van der Waals surface area (Å²) in [5, 5.41) is 7.08. The molecule has 0 saturated carbocycles. The van der Waals surface area contributed by atoms with Crippen molar-refractivity contribution in [3.63, 3.8) is 0 Å². The third kappa shape index (κ3) is 4.97. The minimum Gasteiger partial charge on any atom is -0.492 e. The van der Waals surface area contributed by atoms with Gasteiger partial charge in [-0.3, -0.25) is 9.48 Å². The Morgan fingerprint density at radius 2 is 2.00 bits per heavy atom. The fraction of sp³-hybridized carbons (Fsp3) is 0.375. The van der Waals surface area contributed by atoms with E-state index in [1.54, 1.807) is 28.9 Å². The van der Waals surface area contributed by atoms with Crippen LogP contribution in [-0.4, -0.2) is 28.8 Å². The van der Waals surface area contributed by atoms with Crippen LogP contribution in [0.3, 0.4) is 0 Å². The van der Waals surface area contributed by atoms with Gasteiger partial charge in [0.2, 0.25) is 0 Å². The lowest BCUT2D eigenvalue weighted by Gasteiger charge is -2.06. The van der Waals surface area contributed by atoms with E-state index < -0.39 is 0 Å². The Labute approximate surface area is 142 Å². The number of carbonyl (C=O) groups excluding carboxylic acids is 1. The van der Waals surface area contributed by atoms with Crippen molar-refractivity contribution in [3.05, 3.63) is 41.7 Å². The van der Waals surface area contributed by atoms with Gasteiger partial charge in [0.05, 0.1) is 0 Å². The molecule has 0 aliphatic heterocycles. The zero-order valence-electron chi connectivity index (χ0n) is 13.6. The van der Waals surface area contributed by atoms with Gasteiger partial charge in [-0.15, -0.1) is 12.4 Å². The van der Waals surface area contributed by atoms with Gasteiger partial charge in [-0.25, -0.2) is 0 Å². The van der Waals surface area contributed by atoms with Crippen molar-refractivity contribution in [2.75, 3.05) is 18.5 Å². The van der Waals surface area contributed by atoms with E-state index in [2.05, 4.69) is 24.3 Å². The second-order valence-corrected chi connectivity index (χ2v) is 5.35. The first-order valence-corrected chi connectivity index (χ1v) is 7.29. The summed E-state index contributed by atoms with van der Waals surface area (Å²) in [5.41, 5.74) is 7.51. The number of carbonyl (C=O) groups is 1. The van der Waals surface area contributed by atoms with Crippen LogP contribution >= 0.6 is 12.4 Å². The van der Waals surface area contributed by atoms with Crippen LogP contribution in [0.15, 0.2) is 30.3 Å². The van der Waals surface area contributed by atoms with Gasteiger partial charge in [0, 0.05) is 25.0 Å². The number of amides is 1. The lowest BCUT2D eigenvalue weighted by atomic mass is 10.1. The number of rotatable bonds is 6. The quantitative estimate of drug-likeness (QED) is 0.848. The smallest absolute Gasteiger partial charge is 0.276 e. The van der Waals surface area contributed by atoms with E-state index in [9.17, 15) is 4.79 Å². The summed E-state index contributed by atoms with van der Waals surface area (Å²) in [6, 6.07) is 8.98. The molecule has 0 spiro atoms. The average molecular weight is 339 g/mol. The number of hydrogen-bond acceptors (Lipinski definition) is 4. The number of aromatic nitrogens is 2. The molecule has 0 atom stereocenters. The molecule has 1 aromatic carbocycles. The second-order valence-electron chi connectivity index (χ2n) is 5.35. The van der Waals surface area contributed by atoms with Crippen LogP contribution in [0.25, 0.3) is 0 Å². The maximum absolute atomic E-state index is 12.2. The van der Waals surface area contributed by atoms with Crippen LogP contribution in [0, 0.1) is 0 Å². The summed E-state index contributed by atoms with van der Waals surface area (Å²) in [6.45, 7) is 5.07. The standard InChI is InChI=1S/C16H22N4O2.ClH/c1-11(2)15-10-14(19-20(15)3)16(21)18-12-4-6-13(7-5-12)22-9-8-17;/h4-7,10-11H,8-9,17H2,1-3H3,(H,18,21);1H. The molecule has 0 fully saturated rings. The Bertz CT molecular complexity index is 638. The fourth-order valence-corrected chi connectivity index (χ4v) is 2.14. The number of nitrogens with zero attached hydrogens (tertiary/aromatic N) is 2. The Hall–Kier alpha value is -2.05. The topological polar surface area (TPSA) is 82.2 Å². The van der Waals surface area contributed by atoms with Gasteiger partial charge in [-0.1, -0.05) is 13.8 Å². The van der Waals surface area contributed by atoms with Gasteiger partial charge in [0.15, 0.2) is 5.69 Å². The Morgan fingerprint density at radius 3 is 2.52 bits per heavy atom. The molecule has 0 bridgehead atoms. The first kappa shape index (κ1) is 19.0. The lowest BCUT2D eigenvalue weighted by Crippen LogP contribution is -2.13. The molecule has 2 aromatic rings. The predicted octanol–water partition coefficient (Wildman–Crippen LogP) is 2.56. The summed E-state index contributed by atoms with van der Waals surface area (Å²) in [5.74, 6) is 0.819. The summed E-state index contributed by atoms with van der Waals surface area (Å²) in [6.07, 6.45) is 0. The van der Waals surface area contributed by atoms with Crippen molar-refractivity contribution in [1.29, 1.82) is 0 Å². The molecular weight excluding hydrogens is 316 g/mol. The average Bonchev–Trinajstić information content (AvgIpc) is 2.89. The highest BCUT2D eigenvalue weighted by molar-refractivity contribution is 6.02. The molecule has 0 saturated heterocycles. The van der Waals surface area contributed by atoms with Crippen molar-refractivity contribution >= 4 is 24.0 Å². The van der Waals surface area contributed by atoms with Crippen molar-refractivity contribution in [1.82, 2.24) is 9.78 Å². The normalized spacial score (nSPS) is 10.3. The number of aryl methyl sites for hydroxylation is 1. The van der Waals surface area contributed by atoms with E-state index in [0.29, 0.717) is 30.5 Å². The fourth-order valence-electron chi connectivity index (χ4n) is 2.14. The molecule has 126 valence electrons. The van der Waals surface area contributed by atoms with Crippen molar-refractivity contribution in [2.45, 2.75) is 19.8 Å². The molecule has 2 rings (SSSR count). The number of halogens is 1. The first-order chi connectivity index (χ1) is 10.5. The minimum atomic E-state index is -0.224. The molecule has 0 unspecified atom stereocenters. The second kappa shape index (κ2) is 8.55. The minimum absolute atomic E-state index is 0. The number of hydrogen-bond donors (Lipinski definition) is 2. The van der Waals surface area contributed by atoms with E-state index in [1.807, 2.05) is 13.1 Å². The van der Waals surface area contributed by atoms with E-state index in [4.69, 9.17) is 10.5 Å². The van der Waals surface area contributed by atoms with E-state index >= 15 is 0 Å². The molecule has 0 aliphatic carbocycles. The lowest BCUT2D eigenvalue weighted by molar-refractivity contribution is 0.102.